The smallest absolute Gasteiger partial charge is 0.269 e. The third-order valence-corrected chi connectivity index (χ3v) is 3.77. The van der Waals surface area contributed by atoms with E-state index in [-0.39, 0.29) is 11.8 Å². The van der Waals surface area contributed by atoms with E-state index in [0.29, 0.717) is 6.61 Å². The molecule has 0 spiro atoms. The molecule has 0 saturated heterocycles. The fourth-order valence-corrected chi connectivity index (χ4v) is 1.99. The Morgan fingerprint density at radius 3 is 2.55 bits per heavy atom. The van der Waals surface area contributed by atoms with Gasteiger partial charge in [-0.15, -0.1) is 0 Å². The fraction of sp³-hybridized carbons (Fsp3) is 0.571. The summed E-state index contributed by atoms with van der Waals surface area (Å²) in [4.78, 5) is 9.77. The lowest BCUT2D eigenvalue weighted by Gasteiger charge is -2.31. The predicted octanol–water partition coefficient (Wildman–Crippen LogP) is 2.80. The minimum Gasteiger partial charge on any atom is -0.376 e. The Bertz CT molecular complexity index is 435. The van der Waals surface area contributed by atoms with Gasteiger partial charge in [0.05, 0.1) is 15.9 Å². The second-order valence-electron chi connectivity index (χ2n) is 4.85. The molecule has 0 heterocycles. The van der Waals surface area contributed by atoms with Gasteiger partial charge in [-0.05, 0) is 32.8 Å². The van der Waals surface area contributed by atoms with Crippen molar-refractivity contribution in [2.24, 2.45) is 0 Å². The number of hydrogen-bond donors (Lipinski definition) is 2. The molecule has 112 valence electrons. The molecular weight excluding hydrogens is 276 g/mol. The van der Waals surface area contributed by atoms with Gasteiger partial charge < -0.3 is 10.1 Å². The highest BCUT2D eigenvalue weighted by Gasteiger charge is 2.26. The third-order valence-electron chi connectivity index (χ3n) is 3.25. The van der Waals surface area contributed by atoms with E-state index in [2.05, 4.69) is 17.9 Å². The van der Waals surface area contributed by atoms with Crippen molar-refractivity contribution in [3.8, 4) is 0 Å². The molecule has 0 saturated carbocycles. The molecule has 0 aliphatic carbocycles. The predicted molar refractivity (Wildman–Crippen MR) is 83.3 cm³/mol. The van der Waals surface area contributed by atoms with Crippen LogP contribution >= 0.6 is 12.6 Å². The van der Waals surface area contributed by atoms with Gasteiger partial charge in [-0.25, -0.2) is 0 Å². The molecule has 20 heavy (non-hydrogen) atoms. The van der Waals surface area contributed by atoms with Gasteiger partial charge in [0, 0.05) is 25.3 Å². The molecule has 0 radical (unpaired) electrons. The summed E-state index contributed by atoms with van der Waals surface area (Å²) in [6, 6.07) is 6.61. The lowest BCUT2D eigenvalue weighted by atomic mass is 10.1. The molecule has 1 rings (SSSR count). The van der Waals surface area contributed by atoms with Gasteiger partial charge in [0.25, 0.3) is 5.69 Å². The van der Waals surface area contributed by atoms with Crippen LogP contribution in [0.15, 0.2) is 24.3 Å². The van der Waals surface area contributed by atoms with E-state index in [9.17, 15) is 10.1 Å². The molecule has 1 N–H and O–H groups in total. The highest BCUT2D eigenvalue weighted by Crippen LogP contribution is 2.18. The number of ether oxygens (including phenoxy) is 1. The SMILES string of the molecule is CCO[C@@H](C)C(C)(S)NCCc1ccc([N+](=O)[O-])cc1. The van der Waals surface area contributed by atoms with E-state index in [4.69, 9.17) is 4.74 Å². The zero-order valence-electron chi connectivity index (χ0n) is 12.1. The van der Waals surface area contributed by atoms with Gasteiger partial charge in [-0.3, -0.25) is 10.1 Å². The summed E-state index contributed by atoms with van der Waals surface area (Å²) < 4.78 is 5.54. The molecule has 1 aromatic rings. The van der Waals surface area contributed by atoms with Crippen LogP contribution in [0.5, 0.6) is 0 Å². The lowest BCUT2D eigenvalue weighted by molar-refractivity contribution is -0.384. The summed E-state index contributed by atoms with van der Waals surface area (Å²) in [7, 11) is 0. The quantitative estimate of drug-likeness (QED) is 0.335. The van der Waals surface area contributed by atoms with E-state index in [0.717, 1.165) is 18.5 Å². The number of hydrogen-bond acceptors (Lipinski definition) is 5. The van der Waals surface area contributed by atoms with Crippen LogP contribution < -0.4 is 5.32 Å². The Morgan fingerprint density at radius 2 is 2.05 bits per heavy atom. The van der Waals surface area contributed by atoms with Crippen LogP contribution in [-0.2, 0) is 11.2 Å². The Morgan fingerprint density at radius 1 is 1.45 bits per heavy atom. The van der Waals surface area contributed by atoms with Crippen molar-refractivity contribution in [1.82, 2.24) is 5.32 Å². The summed E-state index contributed by atoms with van der Waals surface area (Å²) in [6.45, 7) is 7.30. The second kappa shape index (κ2) is 7.61. The van der Waals surface area contributed by atoms with Crippen LogP contribution in [0.1, 0.15) is 26.3 Å². The average molecular weight is 298 g/mol. The maximum absolute atomic E-state index is 10.6. The van der Waals surface area contributed by atoms with Crippen LogP contribution in [0.4, 0.5) is 5.69 Å². The van der Waals surface area contributed by atoms with Crippen LogP contribution in [0.3, 0.4) is 0 Å². The van der Waals surface area contributed by atoms with E-state index in [1.54, 1.807) is 12.1 Å². The molecule has 1 unspecified atom stereocenters. The molecular formula is C14H22N2O3S. The number of nitro groups is 1. The molecule has 0 aliphatic rings. The Balaban J connectivity index is 2.45. The van der Waals surface area contributed by atoms with Gasteiger partial charge >= 0.3 is 0 Å². The largest absolute Gasteiger partial charge is 0.376 e. The van der Waals surface area contributed by atoms with Gasteiger partial charge in [0.15, 0.2) is 0 Å². The van der Waals surface area contributed by atoms with E-state index >= 15 is 0 Å². The molecule has 0 aromatic heterocycles. The van der Waals surface area contributed by atoms with E-state index in [1.165, 1.54) is 12.1 Å². The molecule has 0 bridgehead atoms. The van der Waals surface area contributed by atoms with Crippen LogP contribution in [0.2, 0.25) is 0 Å². The first-order valence-electron chi connectivity index (χ1n) is 6.69. The second-order valence-corrected chi connectivity index (χ2v) is 5.77. The monoisotopic (exact) mass is 298 g/mol. The molecule has 1 aromatic carbocycles. The number of non-ortho nitro benzene ring substituents is 1. The minimum atomic E-state index is -0.406. The number of rotatable bonds is 8. The van der Waals surface area contributed by atoms with Crippen molar-refractivity contribution < 1.29 is 9.66 Å². The Hall–Kier alpha value is -1.11. The van der Waals surface area contributed by atoms with Crippen LogP contribution in [0.25, 0.3) is 0 Å². The molecule has 0 amide bonds. The Kier molecular flexibility index (Phi) is 6.45. The molecule has 0 aliphatic heterocycles. The maximum atomic E-state index is 10.6. The summed E-state index contributed by atoms with van der Waals surface area (Å²) in [6.07, 6.45) is 0.778. The van der Waals surface area contributed by atoms with Crippen molar-refractivity contribution in [3.63, 3.8) is 0 Å². The number of nitrogens with zero attached hydrogens (tertiary/aromatic N) is 1. The van der Waals surface area contributed by atoms with Crippen molar-refractivity contribution in [3.05, 3.63) is 39.9 Å². The van der Waals surface area contributed by atoms with Gasteiger partial charge in [-0.1, -0.05) is 12.1 Å². The lowest BCUT2D eigenvalue weighted by Crippen LogP contribution is -2.48. The molecule has 0 fully saturated rings. The number of thiol groups is 1. The maximum Gasteiger partial charge on any atom is 0.269 e. The fourth-order valence-electron chi connectivity index (χ4n) is 1.80. The van der Waals surface area contributed by atoms with E-state index < -0.39 is 9.79 Å². The van der Waals surface area contributed by atoms with Crippen LogP contribution in [-0.4, -0.2) is 29.0 Å². The molecule has 5 nitrogen and oxygen atoms in total. The molecule has 6 heteroatoms. The molecule has 2 atom stereocenters. The topological polar surface area (TPSA) is 64.4 Å². The average Bonchev–Trinajstić information content (AvgIpc) is 2.39. The third kappa shape index (κ3) is 5.11. The van der Waals surface area contributed by atoms with Crippen molar-refractivity contribution in [2.45, 2.75) is 38.2 Å². The first-order valence-corrected chi connectivity index (χ1v) is 7.14. The number of nitrogens with one attached hydrogen (secondary N) is 1. The van der Waals surface area contributed by atoms with Crippen molar-refractivity contribution in [1.29, 1.82) is 0 Å². The number of benzene rings is 1. The van der Waals surface area contributed by atoms with Gasteiger partial charge in [0.2, 0.25) is 0 Å². The van der Waals surface area contributed by atoms with Crippen LogP contribution in [0, 0.1) is 10.1 Å². The van der Waals surface area contributed by atoms with E-state index in [1.807, 2.05) is 20.8 Å². The number of nitro benzene ring substituents is 1. The zero-order valence-corrected chi connectivity index (χ0v) is 13.0. The Labute approximate surface area is 125 Å². The van der Waals surface area contributed by atoms with Gasteiger partial charge in [0.1, 0.15) is 0 Å². The van der Waals surface area contributed by atoms with Gasteiger partial charge in [-0.2, -0.15) is 12.6 Å². The normalized spacial score (nSPS) is 15.6. The summed E-state index contributed by atoms with van der Waals surface area (Å²) in [5.41, 5.74) is 1.17. The summed E-state index contributed by atoms with van der Waals surface area (Å²) >= 11 is 4.58. The standard InChI is InChI=1S/C14H22N2O3S/c1-4-19-11(2)14(3,20)15-10-9-12-5-7-13(8-6-12)16(17)18/h5-8,11,15,20H,4,9-10H2,1-3H3/t11-,14?/m0/s1. The zero-order chi connectivity index (χ0) is 15.2. The van der Waals surface area contributed by atoms with Crippen molar-refractivity contribution in [2.75, 3.05) is 13.2 Å². The first kappa shape index (κ1) is 16.9. The summed E-state index contributed by atoms with van der Waals surface area (Å²) in [5.74, 6) is 0. The summed E-state index contributed by atoms with van der Waals surface area (Å²) in [5, 5.41) is 13.9. The van der Waals surface area contributed by atoms with Crippen molar-refractivity contribution >= 4 is 18.3 Å². The highest BCUT2D eigenvalue weighted by atomic mass is 32.1. The highest BCUT2D eigenvalue weighted by molar-refractivity contribution is 7.81. The minimum absolute atomic E-state index is 0.00676. The first-order chi connectivity index (χ1) is 9.36.